The molecule has 1 heterocycles. The molecular formula is C12H14F3NO. The van der Waals surface area contributed by atoms with Crippen LogP contribution in [0.15, 0.2) is 12.1 Å². The fourth-order valence-corrected chi connectivity index (χ4v) is 1.83. The van der Waals surface area contributed by atoms with Crippen LogP contribution in [0.4, 0.5) is 13.2 Å². The molecule has 0 aliphatic carbocycles. The Morgan fingerprint density at radius 2 is 1.94 bits per heavy atom. The Bertz CT molecular complexity index is 393. The monoisotopic (exact) mass is 245 g/mol. The highest BCUT2D eigenvalue weighted by Gasteiger charge is 2.28. The number of nitrogens with one attached hydrogen (secondary N) is 1. The highest BCUT2D eigenvalue weighted by atomic mass is 19.2. The van der Waals surface area contributed by atoms with Crippen molar-refractivity contribution in [3.8, 4) is 0 Å². The third kappa shape index (κ3) is 2.79. The lowest BCUT2D eigenvalue weighted by atomic mass is 10.0. The molecule has 0 amide bonds. The first kappa shape index (κ1) is 12.4. The van der Waals surface area contributed by atoms with E-state index in [0.29, 0.717) is 18.8 Å². The maximum atomic E-state index is 13.0. The smallest absolute Gasteiger partial charge is 0.194 e. The lowest BCUT2D eigenvalue weighted by Gasteiger charge is -2.23. The maximum Gasteiger partial charge on any atom is 0.194 e. The zero-order valence-electron chi connectivity index (χ0n) is 9.53. The number of benzene rings is 1. The first-order chi connectivity index (χ1) is 8.00. The molecule has 1 saturated heterocycles. The van der Waals surface area contributed by atoms with E-state index in [-0.39, 0.29) is 12.1 Å². The SMILES string of the molecule is CC1(NCc2cc(F)c(F)c(F)c2)CCOC1. The van der Waals surface area contributed by atoms with Crippen LogP contribution in [0.2, 0.25) is 0 Å². The summed E-state index contributed by atoms with van der Waals surface area (Å²) in [6.07, 6.45) is 0.846. The molecule has 0 spiro atoms. The average molecular weight is 245 g/mol. The molecule has 1 aliphatic rings. The molecule has 1 N–H and O–H groups in total. The van der Waals surface area contributed by atoms with Crippen molar-refractivity contribution in [2.45, 2.75) is 25.4 Å². The van der Waals surface area contributed by atoms with Gasteiger partial charge in [0.2, 0.25) is 0 Å². The molecule has 1 aliphatic heterocycles. The van der Waals surface area contributed by atoms with Crippen molar-refractivity contribution in [2.75, 3.05) is 13.2 Å². The van der Waals surface area contributed by atoms with Gasteiger partial charge >= 0.3 is 0 Å². The Morgan fingerprint density at radius 1 is 1.29 bits per heavy atom. The van der Waals surface area contributed by atoms with Crippen molar-refractivity contribution >= 4 is 0 Å². The van der Waals surface area contributed by atoms with Crippen molar-refractivity contribution < 1.29 is 17.9 Å². The molecule has 0 aromatic heterocycles. The van der Waals surface area contributed by atoms with Crippen LogP contribution in [0.3, 0.4) is 0 Å². The van der Waals surface area contributed by atoms with E-state index in [0.717, 1.165) is 18.6 Å². The molecule has 0 saturated carbocycles. The minimum absolute atomic E-state index is 0.179. The van der Waals surface area contributed by atoms with Crippen LogP contribution >= 0.6 is 0 Å². The third-order valence-corrected chi connectivity index (χ3v) is 2.98. The van der Waals surface area contributed by atoms with E-state index >= 15 is 0 Å². The van der Waals surface area contributed by atoms with E-state index in [1.165, 1.54) is 0 Å². The standard InChI is InChI=1S/C12H14F3NO/c1-12(2-3-17-7-12)16-6-8-4-9(13)11(15)10(14)5-8/h4-5,16H,2-3,6-7H2,1H3. The summed E-state index contributed by atoms with van der Waals surface area (Å²) in [7, 11) is 0. The topological polar surface area (TPSA) is 21.3 Å². The zero-order valence-corrected chi connectivity index (χ0v) is 9.53. The second-order valence-electron chi connectivity index (χ2n) is 4.59. The minimum atomic E-state index is -1.43. The van der Waals surface area contributed by atoms with Crippen molar-refractivity contribution in [3.05, 3.63) is 35.1 Å². The Hall–Kier alpha value is -1.07. The largest absolute Gasteiger partial charge is 0.379 e. The molecule has 1 aromatic rings. The summed E-state index contributed by atoms with van der Waals surface area (Å²) in [6.45, 7) is 3.51. The lowest BCUT2D eigenvalue weighted by molar-refractivity contribution is 0.171. The molecule has 5 heteroatoms. The number of ether oxygens (including phenoxy) is 1. The summed E-state index contributed by atoms with van der Waals surface area (Å²) < 4.78 is 43.9. The van der Waals surface area contributed by atoms with Crippen molar-refractivity contribution in [1.82, 2.24) is 5.32 Å². The second kappa shape index (κ2) is 4.66. The number of halogens is 3. The van der Waals surface area contributed by atoms with Crippen LogP contribution in [0.25, 0.3) is 0 Å². The Kier molecular flexibility index (Phi) is 3.40. The van der Waals surface area contributed by atoms with E-state index in [9.17, 15) is 13.2 Å². The molecule has 2 rings (SSSR count). The van der Waals surface area contributed by atoms with Crippen LogP contribution in [-0.2, 0) is 11.3 Å². The van der Waals surface area contributed by atoms with Gasteiger partial charge in [-0.05, 0) is 31.0 Å². The predicted octanol–water partition coefficient (Wildman–Crippen LogP) is 2.37. The average Bonchev–Trinajstić information content (AvgIpc) is 2.71. The first-order valence-electron chi connectivity index (χ1n) is 5.46. The molecule has 94 valence electrons. The normalized spacial score (nSPS) is 24.2. The molecule has 0 radical (unpaired) electrons. The summed E-state index contributed by atoms with van der Waals surface area (Å²) in [6, 6.07) is 2.01. The van der Waals surface area contributed by atoms with Crippen LogP contribution in [0.1, 0.15) is 18.9 Å². The Balaban J connectivity index is 2.04. The van der Waals surface area contributed by atoms with Gasteiger partial charge in [-0.2, -0.15) is 0 Å². The van der Waals surface area contributed by atoms with Gasteiger partial charge in [-0.25, -0.2) is 13.2 Å². The molecule has 1 unspecified atom stereocenters. The third-order valence-electron chi connectivity index (χ3n) is 2.98. The van der Waals surface area contributed by atoms with Crippen LogP contribution in [0, 0.1) is 17.5 Å². The van der Waals surface area contributed by atoms with Gasteiger partial charge in [-0.3, -0.25) is 0 Å². The molecule has 17 heavy (non-hydrogen) atoms. The lowest BCUT2D eigenvalue weighted by Crippen LogP contribution is -2.42. The summed E-state index contributed by atoms with van der Waals surface area (Å²) >= 11 is 0. The van der Waals surface area contributed by atoms with E-state index in [4.69, 9.17) is 4.74 Å². The molecular weight excluding hydrogens is 231 g/mol. The maximum absolute atomic E-state index is 13.0. The van der Waals surface area contributed by atoms with Crippen molar-refractivity contribution in [3.63, 3.8) is 0 Å². The number of rotatable bonds is 3. The van der Waals surface area contributed by atoms with Crippen molar-refractivity contribution in [1.29, 1.82) is 0 Å². The summed E-state index contributed by atoms with van der Waals surface area (Å²) in [5, 5.41) is 3.17. The van der Waals surface area contributed by atoms with Gasteiger partial charge in [-0.1, -0.05) is 0 Å². The van der Waals surface area contributed by atoms with Gasteiger partial charge in [0.1, 0.15) is 0 Å². The van der Waals surface area contributed by atoms with Crippen LogP contribution in [0.5, 0.6) is 0 Å². The molecule has 1 atom stereocenters. The molecule has 0 bridgehead atoms. The number of hydrogen-bond acceptors (Lipinski definition) is 2. The van der Waals surface area contributed by atoms with Gasteiger partial charge < -0.3 is 10.1 Å². The zero-order chi connectivity index (χ0) is 12.5. The van der Waals surface area contributed by atoms with Gasteiger partial charge in [0, 0.05) is 18.7 Å². The van der Waals surface area contributed by atoms with Gasteiger partial charge in [0.25, 0.3) is 0 Å². The van der Waals surface area contributed by atoms with E-state index in [1.54, 1.807) is 0 Å². The first-order valence-corrected chi connectivity index (χ1v) is 5.46. The summed E-state index contributed by atoms with van der Waals surface area (Å²) in [5.74, 6) is -3.74. The Labute approximate surface area is 97.8 Å². The summed E-state index contributed by atoms with van der Waals surface area (Å²) in [5.41, 5.74) is 0.205. The number of hydrogen-bond donors (Lipinski definition) is 1. The highest BCUT2D eigenvalue weighted by Crippen LogP contribution is 2.19. The highest BCUT2D eigenvalue weighted by molar-refractivity contribution is 5.19. The van der Waals surface area contributed by atoms with E-state index in [1.807, 2.05) is 6.92 Å². The van der Waals surface area contributed by atoms with E-state index < -0.39 is 17.5 Å². The van der Waals surface area contributed by atoms with Gasteiger partial charge in [0.15, 0.2) is 17.5 Å². The van der Waals surface area contributed by atoms with Crippen LogP contribution in [-0.4, -0.2) is 18.8 Å². The quantitative estimate of drug-likeness (QED) is 0.825. The second-order valence-corrected chi connectivity index (χ2v) is 4.59. The van der Waals surface area contributed by atoms with Crippen LogP contribution < -0.4 is 5.32 Å². The fraction of sp³-hybridized carbons (Fsp3) is 0.500. The Morgan fingerprint density at radius 3 is 2.47 bits per heavy atom. The minimum Gasteiger partial charge on any atom is -0.379 e. The molecule has 2 nitrogen and oxygen atoms in total. The van der Waals surface area contributed by atoms with E-state index in [2.05, 4.69) is 5.32 Å². The van der Waals surface area contributed by atoms with Gasteiger partial charge in [-0.15, -0.1) is 0 Å². The van der Waals surface area contributed by atoms with Gasteiger partial charge in [0.05, 0.1) is 6.61 Å². The molecule has 1 fully saturated rings. The summed E-state index contributed by atoms with van der Waals surface area (Å²) in [4.78, 5) is 0. The molecule has 1 aromatic carbocycles. The van der Waals surface area contributed by atoms with Crippen molar-refractivity contribution in [2.24, 2.45) is 0 Å². The predicted molar refractivity (Wildman–Crippen MR) is 57.0 cm³/mol. The fourth-order valence-electron chi connectivity index (χ4n) is 1.83.